The Morgan fingerprint density at radius 1 is 1.42 bits per heavy atom. The van der Waals surface area contributed by atoms with E-state index in [9.17, 15) is 0 Å². The minimum absolute atomic E-state index is 0.748. The highest BCUT2D eigenvalue weighted by atomic mass is 127. The van der Waals surface area contributed by atoms with E-state index in [4.69, 9.17) is 16.3 Å². The Morgan fingerprint density at radius 2 is 2.00 bits per heavy atom. The van der Waals surface area contributed by atoms with Crippen molar-refractivity contribution in [3.63, 3.8) is 0 Å². The molecule has 1 aromatic carbocycles. The maximum Gasteiger partial charge on any atom is 0.118 e. The first-order valence-electron chi connectivity index (χ1n) is 3.38. The van der Waals surface area contributed by atoms with Crippen molar-refractivity contribution in [2.24, 2.45) is 0 Å². The van der Waals surface area contributed by atoms with Gasteiger partial charge in [0, 0.05) is 0 Å². The molecule has 12 heavy (non-hydrogen) atoms. The molecule has 1 aromatic rings. The van der Waals surface area contributed by atoms with Crippen molar-refractivity contribution in [2.75, 3.05) is 7.11 Å². The number of rotatable bonds is 2. The van der Waals surface area contributed by atoms with Gasteiger partial charge in [-0.2, -0.15) is 0 Å². The summed E-state index contributed by atoms with van der Waals surface area (Å²) in [4.78, 5) is 0. The number of hydrogen-bond donors (Lipinski definition) is 0. The molecule has 0 saturated carbocycles. The summed E-state index contributed by atoms with van der Waals surface area (Å²) < 4.78 is 6.85. The van der Waals surface area contributed by atoms with Crippen LogP contribution in [0.1, 0.15) is 5.56 Å². The summed E-state index contributed by atoms with van der Waals surface area (Å²) in [5, 5.41) is 0.748. The molecule has 0 atom stereocenters. The van der Waals surface area contributed by atoms with Crippen molar-refractivity contribution in [3.05, 3.63) is 33.9 Å². The first-order valence-corrected chi connectivity index (χ1v) is 5.00. The van der Waals surface area contributed by atoms with Gasteiger partial charge in [-0.1, -0.05) is 34.2 Å². The molecule has 0 spiro atoms. The molecule has 3 heteroatoms. The Kier molecular flexibility index (Phi) is 3.88. The lowest BCUT2D eigenvalue weighted by atomic mass is 10.2. The Labute approximate surface area is 90.5 Å². The molecule has 0 saturated heterocycles. The highest BCUT2D eigenvalue weighted by Gasteiger charge is 1.96. The maximum atomic E-state index is 5.90. The van der Waals surface area contributed by atoms with Gasteiger partial charge in [-0.25, -0.2) is 0 Å². The molecule has 64 valence electrons. The molecule has 0 fully saturated rings. The first kappa shape index (κ1) is 9.86. The third-order valence-corrected chi connectivity index (χ3v) is 2.78. The van der Waals surface area contributed by atoms with Gasteiger partial charge in [-0.15, -0.1) is 0 Å². The van der Waals surface area contributed by atoms with Gasteiger partial charge >= 0.3 is 0 Å². The second-order valence-corrected chi connectivity index (χ2v) is 3.22. The van der Waals surface area contributed by atoms with Crippen molar-refractivity contribution < 1.29 is 4.74 Å². The van der Waals surface area contributed by atoms with Crippen LogP contribution in [0.15, 0.2) is 28.3 Å². The summed E-state index contributed by atoms with van der Waals surface area (Å²) in [6, 6.07) is 7.63. The molecule has 1 nitrogen and oxygen atoms in total. The Bertz CT molecular complexity index is 279. The molecule has 0 heterocycles. The summed E-state index contributed by atoms with van der Waals surface area (Å²) >= 11 is 8.01. The number of benzene rings is 1. The predicted molar refractivity (Wildman–Crippen MR) is 60.8 cm³/mol. The second kappa shape index (κ2) is 4.72. The minimum atomic E-state index is 0.748. The Balaban J connectivity index is 2.92. The number of hydrogen-bond acceptors (Lipinski definition) is 1. The van der Waals surface area contributed by atoms with Gasteiger partial charge in [0.25, 0.3) is 0 Å². The molecular weight excluding hydrogens is 286 g/mol. The van der Waals surface area contributed by atoms with Gasteiger partial charge in [0.1, 0.15) is 5.75 Å². The lowest BCUT2D eigenvalue weighted by Gasteiger charge is -2.00. The fraction of sp³-hybridized carbons (Fsp3) is 0.111. The molecule has 0 aliphatic carbocycles. The van der Waals surface area contributed by atoms with Gasteiger partial charge in [0.05, 0.1) is 12.1 Å². The second-order valence-electron chi connectivity index (χ2n) is 2.19. The fourth-order valence-corrected chi connectivity index (χ4v) is 1.30. The highest BCUT2D eigenvalue weighted by Crippen LogP contribution is 2.22. The molecule has 0 N–H and O–H groups in total. The Morgan fingerprint density at radius 3 is 2.42 bits per heavy atom. The van der Waals surface area contributed by atoms with E-state index >= 15 is 0 Å². The lowest BCUT2D eigenvalue weighted by Crippen LogP contribution is -1.82. The average Bonchev–Trinajstić information content (AvgIpc) is 2.17. The topological polar surface area (TPSA) is 9.23 Å². The van der Waals surface area contributed by atoms with Crippen molar-refractivity contribution in [1.82, 2.24) is 0 Å². The number of ether oxygens (including phenoxy) is 1. The van der Waals surface area contributed by atoms with E-state index in [1.54, 1.807) is 7.11 Å². The van der Waals surface area contributed by atoms with Crippen LogP contribution in [0.3, 0.4) is 0 Å². The SMILES string of the molecule is COc1ccc(C(Cl)=CI)cc1. The fourth-order valence-electron chi connectivity index (χ4n) is 0.813. The first-order chi connectivity index (χ1) is 5.77. The lowest BCUT2D eigenvalue weighted by molar-refractivity contribution is 0.415. The summed E-state index contributed by atoms with van der Waals surface area (Å²) in [7, 11) is 1.64. The van der Waals surface area contributed by atoms with Crippen molar-refractivity contribution in [1.29, 1.82) is 0 Å². The highest BCUT2D eigenvalue weighted by molar-refractivity contribution is 14.1. The third kappa shape index (κ3) is 2.38. The third-order valence-electron chi connectivity index (χ3n) is 1.46. The summed E-state index contributed by atoms with van der Waals surface area (Å²) in [5.74, 6) is 0.844. The van der Waals surface area contributed by atoms with E-state index in [2.05, 4.69) is 22.6 Å². The molecule has 0 radical (unpaired) electrons. The van der Waals surface area contributed by atoms with Crippen LogP contribution in [0.4, 0.5) is 0 Å². The van der Waals surface area contributed by atoms with Gasteiger partial charge < -0.3 is 4.74 Å². The minimum Gasteiger partial charge on any atom is -0.497 e. The number of halogens is 2. The van der Waals surface area contributed by atoms with Gasteiger partial charge in [0.15, 0.2) is 0 Å². The largest absolute Gasteiger partial charge is 0.497 e. The van der Waals surface area contributed by atoms with Crippen LogP contribution < -0.4 is 4.74 Å². The van der Waals surface area contributed by atoms with E-state index < -0.39 is 0 Å². The predicted octanol–water partition coefficient (Wildman–Crippen LogP) is 3.67. The quantitative estimate of drug-likeness (QED) is 0.756. The zero-order chi connectivity index (χ0) is 8.97. The van der Waals surface area contributed by atoms with Crippen LogP contribution in [0.2, 0.25) is 0 Å². The van der Waals surface area contributed by atoms with Crippen molar-refractivity contribution in [3.8, 4) is 5.75 Å². The van der Waals surface area contributed by atoms with Crippen LogP contribution in [-0.2, 0) is 0 Å². The summed E-state index contributed by atoms with van der Waals surface area (Å²) in [5.41, 5.74) is 1.01. The van der Waals surface area contributed by atoms with Crippen LogP contribution in [-0.4, -0.2) is 7.11 Å². The maximum absolute atomic E-state index is 5.90. The van der Waals surface area contributed by atoms with Crippen LogP contribution in [0, 0.1) is 0 Å². The smallest absolute Gasteiger partial charge is 0.118 e. The van der Waals surface area contributed by atoms with Crippen molar-refractivity contribution >= 4 is 39.2 Å². The van der Waals surface area contributed by atoms with Gasteiger partial charge in [-0.05, 0) is 33.9 Å². The molecule has 0 aliphatic rings. The molecule has 1 rings (SSSR count). The van der Waals surface area contributed by atoms with E-state index in [1.807, 2.05) is 28.3 Å². The van der Waals surface area contributed by atoms with Crippen molar-refractivity contribution in [2.45, 2.75) is 0 Å². The molecule has 0 unspecified atom stereocenters. The molecule has 0 bridgehead atoms. The molecule has 0 aromatic heterocycles. The molecule has 0 aliphatic heterocycles. The Hall–Kier alpha value is -0.220. The van der Waals surface area contributed by atoms with Crippen LogP contribution >= 0.6 is 34.2 Å². The zero-order valence-electron chi connectivity index (χ0n) is 6.55. The molecule has 0 amide bonds. The van der Waals surface area contributed by atoms with Crippen LogP contribution in [0.25, 0.3) is 5.03 Å². The van der Waals surface area contributed by atoms with Gasteiger partial charge in [0.2, 0.25) is 0 Å². The van der Waals surface area contributed by atoms with E-state index in [-0.39, 0.29) is 0 Å². The summed E-state index contributed by atoms with van der Waals surface area (Å²) in [6.07, 6.45) is 0. The summed E-state index contributed by atoms with van der Waals surface area (Å²) in [6.45, 7) is 0. The van der Waals surface area contributed by atoms with E-state index in [0.717, 1.165) is 16.3 Å². The zero-order valence-corrected chi connectivity index (χ0v) is 9.46. The van der Waals surface area contributed by atoms with E-state index in [0.29, 0.717) is 0 Å². The van der Waals surface area contributed by atoms with E-state index in [1.165, 1.54) is 0 Å². The standard InChI is InChI=1S/C9H8ClIO/c1-12-8-4-2-7(3-5-8)9(10)6-11/h2-6H,1H3. The monoisotopic (exact) mass is 294 g/mol. The molecular formula is C9H8ClIO. The van der Waals surface area contributed by atoms with Gasteiger partial charge in [-0.3, -0.25) is 0 Å². The van der Waals surface area contributed by atoms with Crippen LogP contribution in [0.5, 0.6) is 5.75 Å². The normalized spacial score (nSPS) is 11.4. The number of methoxy groups -OCH3 is 1. The average molecular weight is 295 g/mol.